The molecule has 0 amide bonds. The maximum atomic E-state index is 6.16. The van der Waals surface area contributed by atoms with Crippen molar-refractivity contribution in [1.29, 1.82) is 0 Å². The van der Waals surface area contributed by atoms with Crippen LogP contribution in [0, 0.1) is 0 Å². The number of hydrogen-bond donors (Lipinski definition) is 0. The molecule has 0 radical (unpaired) electrons. The van der Waals surface area contributed by atoms with Crippen molar-refractivity contribution in [2.24, 2.45) is 0 Å². The quantitative estimate of drug-likeness (QED) is 0.787. The third-order valence-corrected chi connectivity index (χ3v) is 7.29. The average molecular weight is 331 g/mol. The van der Waals surface area contributed by atoms with Gasteiger partial charge in [-0.2, -0.15) is 23.5 Å². The van der Waals surface area contributed by atoms with Crippen molar-refractivity contribution in [3.63, 3.8) is 0 Å². The van der Waals surface area contributed by atoms with E-state index in [2.05, 4.69) is 33.3 Å². The highest BCUT2D eigenvalue weighted by Gasteiger charge is 2.27. The molecule has 0 aromatic rings. The fourth-order valence-corrected chi connectivity index (χ4v) is 6.24. The lowest BCUT2D eigenvalue weighted by Crippen LogP contribution is -2.46. The number of piperidine rings is 1. The van der Waals surface area contributed by atoms with E-state index in [1.165, 1.54) is 68.3 Å². The molecule has 0 aliphatic carbocycles. The largest absolute Gasteiger partial charge is 0.376 e. The Morgan fingerprint density at radius 2 is 1.67 bits per heavy atom. The van der Waals surface area contributed by atoms with E-state index in [0.29, 0.717) is 6.10 Å². The number of hydrogen-bond acceptors (Lipinski definition) is 5. The summed E-state index contributed by atoms with van der Waals surface area (Å²) in [5.74, 6) is 5.32. The molecule has 3 heterocycles. The molecule has 0 saturated carbocycles. The minimum atomic E-state index is 0.434. The van der Waals surface area contributed by atoms with E-state index in [9.17, 15) is 0 Å². The summed E-state index contributed by atoms with van der Waals surface area (Å²) < 4.78 is 6.16. The predicted molar refractivity (Wildman–Crippen MR) is 94.7 cm³/mol. The molecule has 0 bridgehead atoms. The second-order valence-electron chi connectivity index (χ2n) is 6.51. The summed E-state index contributed by atoms with van der Waals surface area (Å²) in [6.45, 7) is 7.08. The van der Waals surface area contributed by atoms with E-state index < -0.39 is 0 Å². The van der Waals surface area contributed by atoms with Gasteiger partial charge in [-0.1, -0.05) is 6.42 Å². The van der Waals surface area contributed by atoms with Gasteiger partial charge >= 0.3 is 0 Å². The van der Waals surface area contributed by atoms with Crippen molar-refractivity contribution in [3.8, 4) is 0 Å². The predicted octanol–water partition coefficient (Wildman–Crippen LogP) is 2.41. The fourth-order valence-electron chi connectivity index (χ4n) is 3.61. The number of likely N-dealkylation sites (tertiary alicyclic amines) is 1. The summed E-state index contributed by atoms with van der Waals surface area (Å²) in [4.78, 5) is 5.38. The Kier molecular flexibility index (Phi) is 7.06. The average Bonchev–Trinajstić information content (AvgIpc) is 2.91. The Balaban J connectivity index is 1.52. The molecule has 0 aromatic carbocycles. The second kappa shape index (κ2) is 9.02. The molecule has 0 N–H and O–H groups in total. The lowest BCUT2D eigenvalue weighted by Gasteiger charge is -2.34. The van der Waals surface area contributed by atoms with Crippen LogP contribution in [0.2, 0.25) is 0 Å². The van der Waals surface area contributed by atoms with Gasteiger partial charge in [-0.3, -0.25) is 4.90 Å². The maximum Gasteiger partial charge on any atom is 0.0828 e. The van der Waals surface area contributed by atoms with E-state index in [-0.39, 0.29) is 0 Å². The minimum Gasteiger partial charge on any atom is -0.376 e. The van der Waals surface area contributed by atoms with Crippen LogP contribution in [0.1, 0.15) is 25.7 Å². The molecule has 3 fully saturated rings. The first kappa shape index (κ1) is 16.4. The molecular formula is C16H30N2OS2. The van der Waals surface area contributed by atoms with Crippen LogP contribution < -0.4 is 0 Å². The van der Waals surface area contributed by atoms with Gasteiger partial charge in [0.1, 0.15) is 0 Å². The zero-order valence-electron chi connectivity index (χ0n) is 13.2. The smallest absolute Gasteiger partial charge is 0.0828 e. The van der Waals surface area contributed by atoms with Crippen molar-refractivity contribution in [2.45, 2.75) is 37.8 Å². The van der Waals surface area contributed by atoms with E-state index >= 15 is 0 Å². The Morgan fingerprint density at radius 3 is 2.43 bits per heavy atom. The first-order valence-electron chi connectivity index (χ1n) is 8.65. The van der Waals surface area contributed by atoms with E-state index in [4.69, 9.17) is 4.74 Å². The van der Waals surface area contributed by atoms with Crippen LogP contribution in [0.3, 0.4) is 0 Å². The SMILES string of the molecule is C1CCN(CC2CN(C3CSCCSC3)CCCO2)CC1. The van der Waals surface area contributed by atoms with Crippen LogP contribution in [0.5, 0.6) is 0 Å². The van der Waals surface area contributed by atoms with Gasteiger partial charge in [0, 0.05) is 55.3 Å². The number of ether oxygens (including phenoxy) is 1. The fraction of sp³-hybridized carbons (Fsp3) is 1.00. The van der Waals surface area contributed by atoms with Gasteiger partial charge in [0.2, 0.25) is 0 Å². The molecule has 3 aliphatic rings. The Hall–Kier alpha value is 0.580. The second-order valence-corrected chi connectivity index (χ2v) is 8.81. The molecule has 5 heteroatoms. The molecule has 0 spiro atoms. The first-order valence-corrected chi connectivity index (χ1v) is 11.0. The third-order valence-electron chi connectivity index (χ3n) is 4.80. The van der Waals surface area contributed by atoms with Crippen molar-refractivity contribution in [2.75, 3.05) is 62.3 Å². The highest BCUT2D eigenvalue weighted by molar-refractivity contribution is 8.03. The van der Waals surface area contributed by atoms with Crippen LogP contribution in [0.4, 0.5) is 0 Å². The molecule has 21 heavy (non-hydrogen) atoms. The molecular weight excluding hydrogens is 300 g/mol. The minimum absolute atomic E-state index is 0.434. The third kappa shape index (κ3) is 5.31. The van der Waals surface area contributed by atoms with Crippen molar-refractivity contribution >= 4 is 23.5 Å². The van der Waals surface area contributed by atoms with Gasteiger partial charge in [0.25, 0.3) is 0 Å². The Morgan fingerprint density at radius 1 is 0.905 bits per heavy atom. The van der Waals surface area contributed by atoms with E-state index in [0.717, 1.165) is 25.7 Å². The van der Waals surface area contributed by atoms with Crippen LogP contribution in [-0.4, -0.2) is 84.3 Å². The summed E-state index contributed by atoms with van der Waals surface area (Å²) in [5.41, 5.74) is 0. The molecule has 1 atom stereocenters. The Bertz CT molecular complexity index is 292. The molecule has 122 valence electrons. The molecule has 3 saturated heterocycles. The van der Waals surface area contributed by atoms with E-state index in [1.54, 1.807) is 0 Å². The number of nitrogens with zero attached hydrogens (tertiary/aromatic N) is 2. The van der Waals surface area contributed by atoms with Gasteiger partial charge in [-0.25, -0.2) is 0 Å². The van der Waals surface area contributed by atoms with Crippen LogP contribution in [0.15, 0.2) is 0 Å². The highest BCUT2D eigenvalue weighted by Crippen LogP contribution is 2.22. The van der Waals surface area contributed by atoms with E-state index in [1.807, 2.05) is 0 Å². The summed E-state index contributed by atoms with van der Waals surface area (Å²) in [6, 6.07) is 0.771. The molecule has 3 aliphatic heterocycles. The van der Waals surface area contributed by atoms with Gasteiger partial charge in [-0.05, 0) is 32.4 Å². The molecule has 3 nitrogen and oxygen atoms in total. The van der Waals surface area contributed by atoms with Crippen molar-refractivity contribution < 1.29 is 4.74 Å². The zero-order chi connectivity index (χ0) is 14.3. The van der Waals surface area contributed by atoms with Crippen LogP contribution >= 0.6 is 23.5 Å². The highest BCUT2D eigenvalue weighted by atomic mass is 32.2. The summed E-state index contributed by atoms with van der Waals surface area (Å²) >= 11 is 4.29. The van der Waals surface area contributed by atoms with Gasteiger partial charge in [-0.15, -0.1) is 0 Å². The lowest BCUT2D eigenvalue weighted by molar-refractivity contribution is 0.0197. The molecule has 0 aromatic heterocycles. The lowest BCUT2D eigenvalue weighted by atomic mass is 10.1. The molecule has 1 unspecified atom stereocenters. The summed E-state index contributed by atoms with van der Waals surface area (Å²) in [6.07, 6.45) is 5.83. The van der Waals surface area contributed by atoms with Crippen LogP contribution in [0.25, 0.3) is 0 Å². The summed E-state index contributed by atoms with van der Waals surface area (Å²) in [5, 5.41) is 0. The monoisotopic (exact) mass is 330 g/mol. The number of thioether (sulfide) groups is 2. The zero-order valence-corrected chi connectivity index (χ0v) is 14.8. The van der Waals surface area contributed by atoms with Gasteiger partial charge in [0.15, 0.2) is 0 Å². The van der Waals surface area contributed by atoms with Gasteiger partial charge < -0.3 is 9.64 Å². The topological polar surface area (TPSA) is 15.7 Å². The molecule has 3 rings (SSSR count). The normalized spacial score (nSPS) is 31.7. The number of rotatable bonds is 3. The summed E-state index contributed by atoms with van der Waals surface area (Å²) in [7, 11) is 0. The maximum absolute atomic E-state index is 6.16. The van der Waals surface area contributed by atoms with Gasteiger partial charge in [0.05, 0.1) is 6.10 Å². The van der Waals surface area contributed by atoms with Crippen molar-refractivity contribution in [3.05, 3.63) is 0 Å². The van der Waals surface area contributed by atoms with Crippen molar-refractivity contribution in [1.82, 2.24) is 9.80 Å². The first-order chi connectivity index (χ1) is 10.4. The standard InChI is InChI=1S/C16H30N2OS2/c1-2-5-17(6-3-1)11-16-12-18(7-4-8-19-16)15-13-20-9-10-21-14-15/h15-16H,1-14H2. The Labute approximate surface area is 138 Å². The van der Waals surface area contributed by atoms with Crippen LogP contribution in [-0.2, 0) is 4.74 Å².